The molecule has 2 rings (SSSR count). The van der Waals surface area contributed by atoms with E-state index in [4.69, 9.17) is 0 Å². The molecule has 0 bridgehead atoms. The number of hydrogen-bond acceptors (Lipinski definition) is 2. The molecular weight excluding hydrogens is 281 g/mol. The number of para-hydroxylation sites is 1. The highest BCUT2D eigenvalue weighted by Gasteiger charge is 2.29. The average molecular weight is 300 g/mol. The van der Waals surface area contributed by atoms with Crippen LogP contribution in [0.25, 0.3) is 0 Å². The van der Waals surface area contributed by atoms with E-state index in [1.165, 1.54) is 12.1 Å². The van der Waals surface area contributed by atoms with Gasteiger partial charge in [-0.1, -0.05) is 18.2 Å². The average Bonchev–Trinajstić information content (AvgIpc) is 2.90. The normalized spacial score (nSPS) is 18.7. The van der Waals surface area contributed by atoms with E-state index < -0.39 is 12.6 Å². The first-order chi connectivity index (χ1) is 9.94. The third-order valence-electron chi connectivity index (χ3n) is 3.62. The maximum Gasteiger partial charge on any atom is 0.393 e. The van der Waals surface area contributed by atoms with E-state index in [1.807, 2.05) is 0 Å². The van der Waals surface area contributed by atoms with Crippen LogP contribution in [0.3, 0.4) is 0 Å². The lowest BCUT2D eigenvalue weighted by Crippen LogP contribution is -2.18. The van der Waals surface area contributed by atoms with Crippen molar-refractivity contribution in [3.8, 4) is 0 Å². The minimum absolute atomic E-state index is 0.0980. The number of rotatable bonds is 5. The van der Waals surface area contributed by atoms with Gasteiger partial charge in [-0.05, 0) is 43.5 Å². The Labute approximate surface area is 121 Å². The maximum atomic E-state index is 12.5. The van der Waals surface area contributed by atoms with Gasteiger partial charge in [-0.25, -0.2) is 0 Å². The number of hydrogen-bond donors (Lipinski definition) is 2. The van der Waals surface area contributed by atoms with E-state index >= 15 is 0 Å². The van der Waals surface area contributed by atoms with Gasteiger partial charge >= 0.3 is 6.18 Å². The predicted molar refractivity (Wildman–Crippen MR) is 75.0 cm³/mol. The number of alkyl halides is 3. The van der Waals surface area contributed by atoms with Crippen molar-refractivity contribution in [2.75, 3.05) is 18.4 Å². The summed E-state index contributed by atoms with van der Waals surface area (Å²) >= 11 is 0. The van der Waals surface area contributed by atoms with Crippen LogP contribution < -0.4 is 10.6 Å². The van der Waals surface area contributed by atoms with Crippen molar-refractivity contribution < 1.29 is 18.0 Å². The Kier molecular flexibility index (Phi) is 5.22. The van der Waals surface area contributed by atoms with Gasteiger partial charge in [0.15, 0.2) is 0 Å². The quantitative estimate of drug-likeness (QED) is 0.877. The molecule has 21 heavy (non-hydrogen) atoms. The Morgan fingerprint density at radius 2 is 2.10 bits per heavy atom. The molecule has 1 amide bonds. The van der Waals surface area contributed by atoms with Crippen molar-refractivity contribution in [2.45, 2.75) is 31.9 Å². The summed E-state index contributed by atoms with van der Waals surface area (Å²) < 4.78 is 37.5. The second-order valence-electron chi connectivity index (χ2n) is 5.39. The molecule has 3 nitrogen and oxygen atoms in total. The van der Waals surface area contributed by atoms with Gasteiger partial charge in [-0.15, -0.1) is 0 Å². The lowest BCUT2D eigenvalue weighted by molar-refractivity contribution is -0.127. The molecule has 0 saturated carbocycles. The van der Waals surface area contributed by atoms with Gasteiger partial charge < -0.3 is 10.6 Å². The summed E-state index contributed by atoms with van der Waals surface area (Å²) in [6.07, 6.45) is -3.16. The SMILES string of the molecule is O=C(CCC1CCNC1)Nc1ccccc1CC(F)(F)F. The van der Waals surface area contributed by atoms with Gasteiger partial charge in [-0.3, -0.25) is 4.79 Å². The predicted octanol–water partition coefficient (Wildman–Crippen LogP) is 3.12. The van der Waals surface area contributed by atoms with Crippen LogP contribution in [0.1, 0.15) is 24.8 Å². The van der Waals surface area contributed by atoms with Gasteiger partial charge in [0.25, 0.3) is 0 Å². The second kappa shape index (κ2) is 6.93. The molecule has 6 heteroatoms. The molecular formula is C15H19F3N2O. The van der Waals surface area contributed by atoms with E-state index in [1.54, 1.807) is 12.1 Å². The Balaban J connectivity index is 1.90. The summed E-state index contributed by atoms with van der Waals surface area (Å²) in [6, 6.07) is 6.07. The highest BCUT2D eigenvalue weighted by molar-refractivity contribution is 5.91. The summed E-state index contributed by atoms with van der Waals surface area (Å²) in [5.74, 6) is 0.262. The van der Waals surface area contributed by atoms with Crippen molar-refractivity contribution in [1.29, 1.82) is 0 Å². The highest BCUT2D eigenvalue weighted by Crippen LogP contribution is 2.26. The second-order valence-corrected chi connectivity index (χ2v) is 5.39. The summed E-state index contributed by atoms with van der Waals surface area (Å²) in [6.45, 7) is 1.89. The monoisotopic (exact) mass is 300 g/mol. The maximum absolute atomic E-state index is 12.5. The van der Waals surface area contributed by atoms with Gasteiger partial charge in [-0.2, -0.15) is 13.2 Å². The fraction of sp³-hybridized carbons (Fsp3) is 0.533. The minimum atomic E-state index is -4.28. The molecule has 1 fully saturated rings. The molecule has 2 N–H and O–H groups in total. The molecule has 1 atom stereocenters. The minimum Gasteiger partial charge on any atom is -0.326 e. The molecule has 116 valence electrons. The number of amides is 1. The van der Waals surface area contributed by atoms with Crippen LogP contribution in [-0.4, -0.2) is 25.2 Å². The van der Waals surface area contributed by atoms with Crippen molar-refractivity contribution >= 4 is 11.6 Å². The van der Waals surface area contributed by atoms with Crippen molar-refractivity contribution in [2.24, 2.45) is 5.92 Å². The first kappa shape index (κ1) is 15.8. The van der Waals surface area contributed by atoms with E-state index in [2.05, 4.69) is 10.6 Å². The molecule has 1 heterocycles. The smallest absolute Gasteiger partial charge is 0.326 e. The van der Waals surface area contributed by atoms with E-state index in [0.29, 0.717) is 12.3 Å². The Hall–Kier alpha value is -1.56. The molecule has 1 unspecified atom stereocenters. The van der Waals surface area contributed by atoms with Crippen LogP contribution in [0.4, 0.5) is 18.9 Å². The Morgan fingerprint density at radius 3 is 2.76 bits per heavy atom. The van der Waals surface area contributed by atoms with E-state index in [9.17, 15) is 18.0 Å². The summed E-state index contributed by atoms with van der Waals surface area (Å²) in [5.41, 5.74) is 0.352. The van der Waals surface area contributed by atoms with Gasteiger partial charge in [0.1, 0.15) is 0 Å². The summed E-state index contributed by atoms with van der Waals surface area (Å²) in [7, 11) is 0. The Morgan fingerprint density at radius 1 is 1.33 bits per heavy atom. The van der Waals surface area contributed by atoms with Crippen molar-refractivity contribution in [3.05, 3.63) is 29.8 Å². The number of carbonyl (C=O) groups is 1. The molecule has 1 aromatic carbocycles. The van der Waals surface area contributed by atoms with E-state index in [-0.39, 0.29) is 17.2 Å². The fourth-order valence-corrected chi connectivity index (χ4v) is 2.52. The topological polar surface area (TPSA) is 41.1 Å². The molecule has 0 aliphatic carbocycles. The van der Waals surface area contributed by atoms with Crippen LogP contribution >= 0.6 is 0 Å². The first-order valence-corrected chi connectivity index (χ1v) is 7.09. The Bertz CT molecular complexity index is 482. The number of anilines is 1. The van der Waals surface area contributed by atoms with Crippen LogP contribution in [0.2, 0.25) is 0 Å². The summed E-state index contributed by atoms with van der Waals surface area (Å²) in [5, 5.41) is 5.82. The number of carbonyl (C=O) groups excluding carboxylic acids is 1. The zero-order valence-corrected chi connectivity index (χ0v) is 11.7. The third-order valence-corrected chi connectivity index (χ3v) is 3.62. The van der Waals surface area contributed by atoms with Crippen LogP contribution in [0, 0.1) is 5.92 Å². The molecule has 1 aromatic rings. The van der Waals surface area contributed by atoms with Crippen LogP contribution in [0.5, 0.6) is 0 Å². The number of nitrogens with one attached hydrogen (secondary N) is 2. The molecule has 1 aliphatic rings. The third kappa shape index (κ3) is 5.38. The first-order valence-electron chi connectivity index (χ1n) is 7.09. The molecule has 0 aromatic heterocycles. The van der Waals surface area contributed by atoms with E-state index in [0.717, 1.165) is 25.9 Å². The van der Waals surface area contributed by atoms with Gasteiger partial charge in [0.05, 0.1) is 6.42 Å². The van der Waals surface area contributed by atoms with Gasteiger partial charge in [0.2, 0.25) is 5.91 Å². The van der Waals surface area contributed by atoms with Crippen LogP contribution in [-0.2, 0) is 11.2 Å². The fourth-order valence-electron chi connectivity index (χ4n) is 2.52. The zero-order chi connectivity index (χ0) is 15.3. The molecule has 0 radical (unpaired) electrons. The highest BCUT2D eigenvalue weighted by atomic mass is 19.4. The van der Waals surface area contributed by atoms with Crippen molar-refractivity contribution in [3.63, 3.8) is 0 Å². The van der Waals surface area contributed by atoms with Gasteiger partial charge in [0, 0.05) is 12.1 Å². The lowest BCUT2D eigenvalue weighted by Gasteiger charge is -2.13. The largest absolute Gasteiger partial charge is 0.393 e. The summed E-state index contributed by atoms with van der Waals surface area (Å²) in [4.78, 5) is 11.9. The number of halogens is 3. The van der Waals surface area contributed by atoms with Crippen molar-refractivity contribution in [1.82, 2.24) is 5.32 Å². The molecule has 1 aliphatic heterocycles. The zero-order valence-electron chi connectivity index (χ0n) is 11.7. The number of benzene rings is 1. The molecule has 1 saturated heterocycles. The van der Waals surface area contributed by atoms with Crippen LogP contribution in [0.15, 0.2) is 24.3 Å². The molecule has 0 spiro atoms. The standard InChI is InChI=1S/C15H19F3N2O/c16-15(17,18)9-12-3-1-2-4-13(12)20-14(21)6-5-11-7-8-19-10-11/h1-4,11,19H,5-10H2,(H,20,21). The lowest BCUT2D eigenvalue weighted by atomic mass is 10.0.